The second kappa shape index (κ2) is 2.24. The van der Waals surface area contributed by atoms with Crippen LogP contribution in [-0.4, -0.2) is 9.97 Å². The number of hydrogen-bond acceptors (Lipinski definition) is 2. The largest absolute Gasteiger partial charge is 0.398 e. The first kappa shape index (κ1) is 7.16. The van der Waals surface area contributed by atoms with Gasteiger partial charge < -0.3 is 10.7 Å². The number of anilines is 1. The fraction of sp³-hybridized carbons (Fsp3) is 0.222. The molecule has 0 bridgehead atoms. The van der Waals surface area contributed by atoms with E-state index in [9.17, 15) is 0 Å². The standard InChI is InChI=1S/C9H11N3/c1-5-3-7-9(12-4-11-7)6(2)8(5)10/h3-4H,10H2,1-2H3,(H,11,12). The molecular weight excluding hydrogens is 150 g/mol. The van der Waals surface area contributed by atoms with E-state index in [0.29, 0.717) is 0 Å². The van der Waals surface area contributed by atoms with E-state index in [2.05, 4.69) is 9.97 Å². The fourth-order valence-corrected chi connectivity index (χ4v) is 1.43. The van der Waals surface area contributed by atoms with Crippen molar-refractivity contribution in [2.24, 2.45) is 0 Å². The predicted octanol–water partition coefficient (Wildman–Crippen LogP) is 1.76. The normalized spacial score (nSPS) is 10.8. The zero-order valence-electron chi connectivity index (χ0n) is 7.18. The maximum absolute atomic E-state index is 5.85. The highest BCUT2D eigenvalue weighted by atomic mass is 14.9. The molecule has 2 aromatic rings. The van der Waals surface area contributed by atoms with Crippen LogP contribution in [0.2, 0.25) is 0 Å². The summed E-state index contributed by atoms with van der Waals surface area (Å²) in [5.41, 5.74) is 10.9. The lowest BCUT2D eigenvalue weighted by Gasteiger charge is -2.03. The monoisotopic (exact) mass is 161 g/mol. The Hall–Kier alpha value is -1.51. The molecular formula is C9H11N3. The lowest BCUT2D eigenvalue weighted by molar-refractivity contribution is 1.34. The Bertz CT molecular complexity index is 429. The summed E-state index contributed by atoms with van der Waals surface area (Å²) >= 11 is 0. The van der Waals surface area contributed by atoms with Crippen LogP contribution in [0.5, 0.6) is 0 Å². The number of imidazole rings is 1. The Morgan fingerprint density at radius 3 is 2.92 bits per heavy atom. The Balaban J connectivity index is 2.94. The summed E-state index contributed by atoms with van der Waals surface area (Å²) in [5, 5.41) is 0. The Morgan fingerprint density at radius 1 is 1.42 bits per heavy atom. The summed E-state index contributed by atoms with van der Waals surface area (Å²) < 4.78 is 0. The van der Waals surface area contributed by atoms with Crippen molar-refractivity contribution < 1.29 is 0 Å². The van der Waals surface area contributed by atoms with E-state index in [4.69, 9.17) is 5.73 Å². The van der Waals surface area contributed by atoms with Crippen LogP contribution >= 0.6 is 0 Å². The molecule has 0 unspecified atom stereocenters. The number of nitrogen functional groups attached to an aromatic ring is 1. The summed E-state index contributed by atoms with van der Waals surface area (Å²) in [7, 11) is 0. The van der Waals surface area contributed by atoms with Gasteiger partial charge in [0, 0.05) is 11.3 Å². The van der Waals surface area contributed by atoms with Crippen molar-refractivity contribution in [2.45, 2.75) is 13.8 Å². The minimum atomic E-state index is 0.842. The molecule has 2 rings (SSSR count). The molecule has 0 saturated carbocycles. The van der Waals surface area contributed by atoms with Gasteiger partial charge in [0.05, 0.1) is 17.4 Å². The van der Waals surface area contributed by atoms with Gasteiger partial charge in [0.15, 0.2) is 0 Å². The highest BCUT2D eigenvalue weighted by molar-refractivity contribution is 5.84. The van der Waals surface area contributed by atoms with Gasteiger partial charge in [-0.25, -0.2) is 4.98 Å². The number of nitrogens with two attached hydrogens (primary N) is 1. The molecule has 1 aromatic carbocycles. The van der Waals surface area contributed by atoms with E-state index in [-0.39, 0.29) is 0 Å². The van der Waals surface area contributed by atoms with Crippen LogP contribution in [0.3, 0.4) is 0 Å². The highest BCUT2D eigenvalue weighted by Gasteiger charge is 2.05. The quantitative estimate of drug-likeness (QED) is 0.578. The predicted molar refractivity (Wildman–Crippen MR) is 50.0 cm³/mol. The van der Waals surface area contributed by atoms with Crippen molar-refractivity contribution in [3.63, 3.8) is 0 Å². The van der Waals surface area contributed by atoms with Crippen molar-refractivity contribution >= 4 is 16.7 Å². The molecule has 0 atom stereocenters. The summed E-state index contributed by atoms with van der Waals surface area (Å²) in [4.78, 5) is 7.25. The third-order valence-corrected chi connectivity index (χ3v) is 2.21. The number of H-pyrrole nitrogens is 1. The van der Waals surface area contributed by atoms with Crippen LogP contribution in [0.25, 0.3) is 11.0 Å². The summed E-state index contributed by atoms with van der Waals surface area (Å²) in [6, 6.07) is 2.02. The molecule has 1 heterocycles. The van der Waals surface area contributed by atoms with Gasteiger partial charge in [-0.2, -0.15) is 0 Å². The number of aryl methyl sites for hydroxylation is 2. The van der Waals surface area contributed by atoms with Crippen molar-refractivity contribution in [3.05, 3.63) is 23.5 Å². The van der Waals surface area contributed by atoms with Gasteiger partial charge in [-0.15, -0.1) is 0 Å². The molecule has 0 spiro atoms. The highest BCUT2D eigenvalue weighted by Crippen LogP contribution is 2.23. The van der Waals surface area contributed by atoms with Crippen LogP contribution in [0.4, 0.5) is 5.69 Å². The zero-order valence-corrected chi connectivity index (χ0v) is 7.18. The first-order valence-corrected chi connectivity index (χ1v) is 3.89. The number of fused-ring (bicyclic) bond motifs is 1. The molecule has 0 fully saturated rings. The second-order valence-electron chi connectivity index (χ2n) is 3.03. The molecule has 62 valence electrons. The van der Waals surface area contributed by atoms with E-state index in [0.717, 1.165) is 27.8 Å². The number of nitrogens with one attached hydrogen (secondary N) is 1. The third-order valence-electron chi connectivity index (χ3n) is 2.21. The van der Waals surface area contributed by atoms with Crippen LogP contribution in [0, 0.1) is 13.8 Å². The number of nitrogens with zero attached hydrogens (tertiary/aromatic N) is 1. The molecule has 0 amide bonds. The third kappa shape index (κ3) is 0.794. The molecule has 0 radical (unpaired) electrons. The summed E-state index contributed by atoms with van der Waals surface area (Å²) in [6.07, 6.45) is 1.69. The van der Waals surface area contributed by atoms with Gasteiger partial charge >= 0.3 is 0 Å². The van der Waals surface area contributed by atoms with Gasteiger partial charge in [0.2, 0.25) is 0 Å². The average molecular weight is 161 g/mol. The number of aromatic amines is 1. The molecule has 3 heteroatoms. The van der Waals surface area contributed by atoms with E-state index in [1.165, 1.54) is 0 Å². The molecule has 12 heavy (non-hydrogen) atoms. The zero-order chi connectivity index (χ0) is 8.72. The minimum Gasteiger partial charge on any atom is -0.398 e. The minimum absolute atomic E-state index is 0.842. The van der Waals surface area contributed by atoms with Crippen molar-refractivity contribution in [2.75, 3.05) is 5.73 Å². The molecule has 3 nitrogen and oxygen atoms in total. The lowest BCUT2D eigenvalue weighted by atomic mass is 10.1. The second-order valence-corrected chi connectivity index (χ2v) is 3.03. The van der Waals surface area contributed by atoms with Gasteiger partial charge in [0.25, 0.3) is 0 Å². The number of benzene rings is 1. The van der Waals surface area contributed by atoms with Gasteiger partial charge in [-0.3, -0.25) is 0 Å². The number of aromatic nitrogens is 2. The van der Waals surface area contributed by atoms with E-state index < -0.39 is 0 Å². The number of hydrogen-bond donors (Lipinski definition) is 2. The summed E-state index contributed by atoms with van der Waals surface area (Å²) in [5.74, 6) is 0. The van der Waals surface area contributed by atoms with Crippen LogP contribution < -0.4 is 5.73 Å². The Labute approximate surface area is 70.6 Å². The maximum Gasteiger partial charge on any atom is 0.0932 e. The lowest BCUT2D eigenvalue weighted by Crippen LogP contribution is -1.94. The van der Waals surface area contributed by atoms with Crippen molar-refractivity contribution in [1.29, 1.82) is 0 Å². The smallest absolute Gasteiger partial charge is 0.0932 e. The fourth-order valence-electron chi connectivity index (χ4n) is 1.43. The SMILES string of the molecule is Cc1cc2[nH]cnc2c(C)c1N. The maximum atomic E-state index is 5.85. The van der Waals surface area contributed by atoms with Gasteiger partial charge in [0.1, 0.15) is 0 Å². The first-order chi connectivity index (χ1) is 5.70. The topological polar surface area (TPSA) is 54.7 Å². The number of rotatable bonds is 0. The molecule has 0 aliphatic heterocycles. The van der Waals surface area contributed by atoms with E-state index in [1.807, 2.05) is 19.9 Å². The molecule has 3 N–H and O–H groups in total. The van der Waals surface area contributed by atoms with Crippen LogP contribution in [0.15, 0.2) is 12.4 Å². The van der Waals surface area contributed by atoms with Gasteiger partial charge in [-0.1, -0.05) is 0 Å². The van der Waals surface area contributed by atoms with Gasteiger partial charge in [-0.05, 0) is 25.5 Å². The first-order valence-electron chi connectivity index (χ1n) is 3.89. The Kier molecular flexibility index (Phi) is 1.33. The van der Waals surface area contributed by atoms with E-state index in [1.54, 1.807) is 6.33 Å². The molecule has 0 aliphatic rings. The van der Waals surface area contributed by atoms with Crippen molar-refractivity contribution in [3.8, 4) is 0 Å². The van der Waals surface area contributed by atoms with Crippen LogP contribution in [-0.2, 0) is 0 Å². The molecule has 0 saturated heterocycles. The molecule has 0 aliphatic carbocycles. The molecule has 1 aromatic heterocycles. The Morgan fingerprint density at radius 2 is 2.17 bits per heavy atom. The summed E-state index contributed by atoms with van der Waals surface area (Å²) in [6.45, 7) is 3.99. The van der Waals surface area contributed by atoms with E-state index >= 15 is 0 Å². The van der Waals surface area contributed by atoms with Crippen LogP contribution in [0.1, 0.15) is 11.1 Å². The average Bonchev–Trinajstić information content (AvgIpc) is 2.48. The van der Waals surface area contributed by atoms with Crippen molar-refractivity contribution in [1.82, 2.24) is 9.97 Å².